The number of amides is 1. The summed E-state index contributed by atoms with van der Waals surface area (Å²) in [6, 6.07) is 7.77. The topological polar surface area (TPSA) is 66.5 Å². The predicted octanol–water partition coefficient (Wildman–Crippen LogP) is 3.13. The summed E-state index contributed by atoms with van der Waals surface area (Å²) in [7, 11) is 0. The molecule has 0 fully saturated rings. The summed E-state index contributed by atoms with van der Waals surface area (Å²) in [5.74, 6) is 1.13. The number of rotatable bonds is 4. The van der Waals surface area contributed by atoms with Gasteiger partial charge in [0, 0.05) is 29.9 Å². The van der Waals surface area contributed by atoms with Gasteiger partial charge in [-0.25, -0.2) is 0 Å². The lowest BCUT2D eigenvalue weighted by atomic mass is 10.1. The minimum Gasteiger partial charge on any atom is -0.490 e. The van der Waals surface area contributed by atoms with Gasteiger partial charge in [-0.2, -0.15) is 0 Å². The molecule has 5 heteroatoms. The Kier molecular flexibility index (Phi) is 4.28. The van der Waals surface area contributed by atoms with Gasteiger partial charge in [0.2, 0.25) is 0 Å². The van der Waals surface area contributed by atoms with E-state index in [1.54, 1.807) is 0 Å². The normalized spacial score (nSPS) is 13.7. The average Bonchev–Trinajstić information content (AvgIpc) is 2.72. The van der Waals surface area contributed by atoms with Crippen molar-refractivity contribution in [3.63, 3.8) is 0 Å². The van der Waals surface area contributed by atoms with Crippen molar-refractivity contribution in [1.29, 1.82) is 0 Å². The van der Waals surface area contributed by atoms with E-state index in [1.807, 2.05) is 31.2 Å². The maximum atomic E-state index is 11.7. The van der Waals surface area contributed by atoms with Crippen LogP contribution in [-0.2, 0) is 6.54 Å². The molecule has 2 heterocycles. The lowest BCUT2D eigenvalue weighted by molar-refractivity contribution is 0.0999. The monoisotopic (exact) mass is 314 g/mol. The van der Waals surface area contributed by atoms with E-state index in [1.165, 1.54) is 0 Å². The molecule has 1 aliphatic rings. The molecule has 0 aliphatic carbocycles. The van der Waals surface area contributed by atoms with E-state index >= 15 is 0 Å². The summed E-state index contributed by atoms with van der Waals surface area (Å²) in [6.45, 7) is 6.20. The van der Waals surface area contributed by atoms with Gasteiger partial charge in [0.1, 0.15) is 0 Å². The van der Waals surface area contributed by atoms with E-state index < -0.39 is 5.91 Å². The van der Waals surface area contributed by atoms with Crippen molar-refractivity contribution < 1.29 is 14.3 Å². The molecule has 5 nitrogen and oxygen atoms in total. The first-order valence-electron chi connectivity index (χ1n) is 8.01. The van der Waals surface area contributed by atoms with Crippen LogP contribution in [0.2, 0.25) is 0 Å². The van der Waals surface area contributed by atoms with Crippen LogP contribution in [0, 0.1) is 6.92 Å². The standard InChI is InChI=1S/C18H22N2O3/c1-3-7-20-12(2)14(18(19)21)11-15(20)13-5-6-16-17(10-13)23-9-4-8-22-16/h5-6,10-11H,3-4,7-9H2,1-2H3,(H2,19,21). The predicted molar refractivity (Wildman–Crippen MR) is 89.0 cm³/mol. The van der Waals surface area contributed by atoms with Crippen molar-refractivity contribution in [3.8, 4) is 22.8 Å². The number of hydrogen-bond acceptors (Lipinski definition) is 3. The Hall–Kier alpha value is -2.43. The van der Waals surface area contributed by atoms with E-state index in [9.17, 15) is 4.79 Å². The summed E-state index contributed by atoms with van der Waals surface area (Å²) in [5.41, 5.74) is 8.96. The third-order valence-corrected chi connectivity index (χ3v) is 4.12. The fourth-order valence-corrected chi connectivity index (χ4v) is 2.97. The molecule has 0 saturated heterocycles. The van der Waals surface area contributed by atoms with Crippen LogP contribution in [0.15, 0.2) is 24.3 Å². The molecule has 0 unspecified atom stereocenters. The second kappa shape index (κ2) is 6.36. The number of carbonyl (C=O) groups excluding carboxylic acids is 1. The van der Waals surface area contributed by atoms with Gasteiger partial charge < -0.3 is 19.8 Å². The van der Waals surface area contributed by atoms with Crippen molar-refractivity contribution in [1.82, 2.24) is 4.57 Å². The van der Waals surface area contributed by atoms with Gasteiger partial charge in [-0.05, 0) is 37.6 Å². The molecule has 23 heavy (non-hydrogen) atoms. The van der Waals surface area contributed by atoms with Crippen LogP contribution in [0.5, 0.6) is 11.5 Å². The fraction of sp³-hybridized carbons (Fsp3) is 0.389. The minimum atomic E-state index is -0.395. The first-order chi connectivity index (χ1) is 11.1. The molecular weight excluding hydrogens is 292 g/mol. The summed E-state index contributed by atoms with van der Waals surface area (Å²) in [5, 5.41) is 0. The van der Waals surface area contributed by atoms with Crippen LogP contribution < -0.4 is 15.2 Å². The first-order valence-corrected chi connectivity index (χ1v) is 8.01. The van der Waals surface area contributed by atoms with E-state index in [4.69, 9.17) is 15.2 Å². The Bertz CT molecular complexity index is 734. The Morgan fingerprint density at radius 2 is 1.96 bits per heavy atom. The number of nitrogens with zero attached hydrogens (tertiary/aromatic N) is 1. The lowest BCUT2D eigenvalue weighted by Gasteiger charge is -2.13. The van der Waals surface area contributed by atoms with Gasteiger partial charge in [-0.3, -0.25) is 4.79 Å². The van der Waals surface area contributed by atoms with Crippen LogP contribution in [0.25, 0.3) is 11.3 Å². The van der Waals surface area contributed by atoms with Crippen LogP contribution in [-0.4, -0.2) is 23.7 Å². The zero-order valence-electron chi connectivity index (χ0n) is 13.6. The number of nitrogens with two attached hydrogens (primary N) is 1. The lowest BCUT2D eigenvalue weighted by Crippen LogP contribution is -2.12. The third-order valence-electron chi connectivity index (χ3n) is 4.12. The third kappa shape index (κ3) is 2.91. The second-order valence-corrected chi connectivity index (χ2v) is 5.76. The highest BCUT2D eigenvalue weighted by molar-refractivity contribution is 5.95. The van der Waals surface area contributed by atoms with E-state index in [0.29, 0.717) is 18.8 Å². The molecule has 1 aromatic heterocycles. The Balaban J connectivity index is 2.09. The highest BCUT2D eigenvalue weighted by atomic mass is 16.5. The van der Waals surface area contributed by atoms with E-state index in [0.717, 1.165) is 47.8 Å². The fourth-order valence-electron chi connectivity index (χ4n) is 2.97. The largest absolute Gasteiger partial charge is 0.490 e. The number of hydrogen-bond donors (Lipinski definition) is 1. The molecule has 0 atom stereocenters. The van der Waals surface area contributed by atoms with Gasteiger partial charge in [0.15, 0.2) is 11.5 Å². The first kappa shape index (κ1) is 15.5. The van der Waals surface area contributed by atoms with Crippen molar-refractivity contribution >= 4 is 5.91 Å². The van der Waals surface area contributed by atoms with E-state index in [-0.39, 0.29) is 0 Å². The molecular formula is C18H22N2O3. The SMILES string of the molecule is CCCn1c(-c2ccc3c(c2)OCCCO3)cc(C(N)=O)c1C. The molecule has 2 aromatic rings. The Morgan fingerprint density at radius 3 is 2.65 bits per heavy atom. The zero-order valence-corrected chi connectivity index (χ0v) is 13.6. The maximum absolute atomic E-state index is 11.7. The van der Waals surface area contributed by atoms with Crippen LogP contribution in [0.4, 0.5) is 0 Å². The van der Waals surface area contributed by atoms with Crippen molar-refractivity contribution in [2.75, 3.05) is 13.2 Å². The van der Waals surface area contributed by atoms with Gasteiger partial charge in [0.25, 0.3) is 5.91 Å². The second-order valence-electron chi connectivity index (χ2n) is 5.76. The summed E-state index contributed by atoms with van der Waals surface area (Å²) >= 11 is 0. The average molecular weight is 314 g/mol. The molecule has 0 radical (unpaired) electrons. The number of fused-ring (bicyclic) bond motifs is 1. The number of aromatic nitrogens is 1. The highest BCUT2D eigenvalue weighted by Gasteiger charge is 2.18. The summed E-state index contributed by atoms with van der Waals surface area (Å²) < 4.78 is 13.6. The summed E-state index contributed by atoms with van der Waals surface area (Å²) in [4.78, 5) is 11.7. The molecule has 0 spiro atoms. The molecule has 0 bridgehead atoms. The minimum absolute atomic E-state index is 0.395. The molecule has 3 rings (SSSR count). The zero-order chi connectivity index (χ0) is 16.4. The maximum Gasteiger partial charge on any atom is 0.250 e. The van der Waals surface area contributed by atoms with Crippen LogP contribution in [0.3, 0.4) is 0 Å². The highest BCUT2D eigenvalue weighted by Crippen LogP contribution is 2.35. The van der Waals surface area contributed by atoms with Crippen molar-refractivity contribution in [2.45, 2.75) is 33.2 Å². The number of ether oxygens (including phenoxy) is 2. The molecule has 1 aliphatic heterocycles. The number of primary amides is 1. The van der Waals surface area contributed by atoms with Crippen LogP contribution >= 0.6 is 0 Å². The van der Waals surface area contributed by atoms with Gasteiger partial charge in [-0.1, -0.05) is 6.92 Å². The molecule has 1 amide bonds. The number of benzene rings is 1. The summed E-state index contributed by atoms with van der Waals surface area (Å²) in [6.07, 6.45) is 1.85. The molecule has 2 N–H and O–H groups in total. The Labute approximate surface area is 136 Å². The van der Waals surface area contributed by atoms with Gasteiger partial charge >= 0.3 is 0 Å². The molecule has 0 saturated carbocycles. The molecule has 1 aromatic carbocycles. The smallest absolute Gasteiger partial charge is 0.250 e. The Morgan fingerprint density at radius 1 is 1.22 bits per heavy atom. The van der Waals surface area contributed by atoms with E-state index in [2.05, 4.69) is 11.5 Å². The number of carbonyl (C=O) groups is 1. The van der Waals surface area contributed by atoms with Crippen molar-refractivity contribution in [3.05, 3.63) is 35.5 Å². The van der Waals surface area contributed by atoms with Gasteiger partial charge in [-0.15, -0.1) is 0 Å². The molecule has 122 valence electrons. The quantitative estimate of drug-likeness (QED) is 0.943. The van der Waals surface area contributed by atoms with Crippen molar-refractivity contribution in [2.24, 2.45) is 5.73 Å². The van der Waals surface area contributed by atoms with Crippen LogP contribution in [0.1, 0.15) is 35.8 Å². The van der Waals surface area contributed by atoms with Gasteiger partial charge in [0.05, 0.1) is 18.8 Å².